The van der Waals surface area contributed by atoms with E-state index in [-0.39, 0.29) is 17.3 Å². The molecule has 7 nitrogen and oxygen atoms in total. The third kappa shape index (κ3) is 3.93. The van der Waals surface area contributed by atoms with Crippen LogP contribution in [0.5, 0.6) is 0 Å². The van der Waals surface area contributed by atoms with Gasteiger partial charge in [0, 0.05) is 38.9 Å². The van der Waals surface area contributed by atoms with Gasteiger partial charge in [-0.2, -0.15) is 0 Å². The molecule has 0 spiro atoms. The Balaban J connectivity index is 1.70. The first-order valence-electron chi connectivity index (χ1n) is 8.81. The van der Waals surface area contributed by atoms with Crippen molar-refractivity contribution in [3.63, 3.8) is 0 Å². The molecule has 3 rings (SSSR count). The standard InChI is InChI=1S/C18H26N4O3/c1-20-13-14(17(23)21(2)18(20)24)11-19-12-15(16-7-6-10-25-16)22-8-4-3-5-9-22/h6-7,10,13,15,19H,3-5,8-9,11-12H2,1-2H3. The number of aryl methyl sites for hydroxylation is 1. The van der Waals surface area contributed by atoms with Crippen molar-refractivity contribution in [3.8, 4) is 0 Å². The highest BCUT2D eigenvalue weighted by atomic mass is 16.3. The number of piperidine rings is 1. The zero-order valence-electron chi connectivity index (χ0n) is 14.9. The first kappa shape index (κ1) is 17.7. The second-order valence-electron chi connectivity index (χ2n) is 6.67. The van der Waals surface area contributed by atoms with Crippen LogP contribution < -0.4 is 16.6 Å². The topological polar surface area (TPSA) is 72.4 Å². The first-order valence-corrected chi connectivity index (χ1v) is 8.81. The van der Waals surface area contributed by atoms with Crippen molar-refractivity contribution in [1.29, 1.82) is 0 Å². The van der Waals surface area contributed by atoms with Gasteiger partial charge < -0.3 is 14.3 Å². The molecule has 25 heavy (non-hydrogen) atoms. The van der Waals surface area contributed by atoms with Crippen molar-refractivity contribution < 1.29 is 4.42 Å². The highest BCUT2D eigenvalue weighted by Crippen LogP contribution is 2.24. The van der Waals surface area contributed by atoms with E-state index in [1.165, 1.54) is 30.9 Å². The number of aromatic nitrogens is 2. The minimum atomic E-state index is -0.310. The van der Waals surface area contributed by atoms with Crippen molar-refractivity contribution in [2.24, 2.45) is 14.1 Å². The largest absolute Gasteiger partial charge is 0.468 e. The van der Waals surface area contributed by atoms with Crippen molar-refractivity contribution in [3.05, 3.63) is 56.8 Å². The minimum absolute atomic E-state index is 0.159. The Bertz CT molecular complexity index is 801. The number of furan rings is 1. The Morgan fingerprint density at radius 2 is 1.96 bits per heavy atom. The molecule has 1 aliphatic rings. The molecule has 2 aromatic heterocycles. The number of likely N-dealkylation sites (tertiary alicyclic amines) is 1. The molecule has 1 N–H and O–H groups in total. The Kier molecular flexibility index (Phi) is 5.55. The predicted molar refractivity (Wildman–Crippen MR) is 95.5 cm³/mol. The summed E-state index contributed by atoms with van der Waals surface area (Å²) < 4.78 is 8.22. The van der Waals surface area contributed by atoms with Gasteiger partial charge in [-0.05, 0) is 38.1 Å². The van der Waals surface area contributed by atoms with Gasteiger partial charge in [-0.1, -0.05) is 6.42 Å². The predicted octanol–water partition coefficient (Wildman–Crippen LogP) is 0.994. The van der Waals surface area contributed by atoms with Crippen LogP contribution >= 0.6 is 0 Å². The van der Waals surface area contributed by atoms with E-state index >= 15 is 0 Å². The van der Waals surface area contributed by atoms with Crippen LogP contribution in [0.2, 0.25) is 0 Å². The Hall–Kier alpha value is -2.12. The van der Waals surface area contributed by atoms with Crippen LogP contribution in [0.25, 0.3) is 0 Å². The monoisotopic (exact) mass is 346 g/mol. The van der Waals surface area contributed by atoms with E-state index in [9.17, 15) is 9.59 Å². The summed E-state index contributed by atoms with van der Waals surface area (Å²) in [5.74, 6) is 0.947. The fraction of sp³-hybridized carbons (Fsp3) is 0.556. The van der Waals surface area contributed by atoms with Gasteiger partial charge in [0.25, 0.3) is 5.56 Å². The van der Waals surface area contributed by atoms with Gasteiger partial charge >= 0.3 is 5.69 Å². The summed E-state index contributed by atoms with van der Waals surface area (Å²) in [5, 5.41) is 3.37. The molecule has 1 saturated heterocycles. The first-order chi connectivity index (χ1) is 12.1. The van der Waals surface area contributed by atoms with Gasteiger partial charge in [0.05, 0.1) is 12.3 Å². The maximum atomic E-state index is 12.2. The molecule has 0 aliphatic carbocycles. The molecule has 0 saturated carbocycles. The summed E-state index contributed by atoms with van der Waals surface area (Å²) in [4.78, 5) is 26.4. The lowest BCUT2D eigenvalue weighted by atomic mass is 10.1. The lowest BCUT2D eigenvalue weighted by molar-refractivity contribution is 0.142. The molecule has 136 valence electrons. The highest BCUT2D eigenvalue weighted by molar-refractivity contribution is 5.08. The van der Waals surface area contributed by atoms with E-state index in [0.717, 1.165) is 23.4 Å². The van der Waals surface area contributed by atoms with Crippen LogP contribution in [-0.4, -0.2) is 33.7 Å². The summed E-state index contributed by atoms with van der Waals surface area (Å²) in [6.07, 6.45) is 7.01. The fourth-order valence-electron chi connectivity index (χ4n) is 3.47. The number of nitrogens with zero attached hydrogens (tertiary/aromatic N) is 3. The third-order valence-electron chi connectivity index (χ3n) is 4.87. The van der Waals surface area contributed by atoms with E-state index in [2.05, 4.69) is 10.2 Å². The second kappa shape index (κ2) is 7.84. The zero-order valence-corrected chi connectivity index (χ0v) is 14.9. The highest BCUT2D eigenvalue weighted by Gasteiger charge is 2.24. The van der Waals surface area contributed by atoms with E-state index in [1.807, 2.05) is 12.1 Å². The SMILES string of the molecule is Cn1cc(CNCC(c2ccco2)N2CCCCC2)c(=O)n(C)c1=O. The summed E-state index contributed by atoms with van der Waals surface area (Å²) in [5.41, 5.74) is 0.0279. The smallest absolute Gasteiger partial charge is 0.330 e. The molecule has 7 heteroatoms. The number of hydrogen-bond acceptors (Lipinski definition) is 5. The maximum Gasteiger partial charge on any atom is 0.330 e. The van der Waals surface area contributed by atoms with Crippen LogP contribution in [0.15, 0.2) is 38.6 Å². The summed E-state index contributed by atoms with van der Waals surface area (Å²) in [6, 6.07) is 4.08. The van der Waals surface area contributed by atoms with Crippen molar-refractivity contribution in [1.82, 2.24) is 19.4 Å². The lowest BCUT2D eigenvalue weighted by Gasteiger charge is -2.33. The molecule has 1 atom stereocenters. The van der Waals surface area contributed by atoms with E-state index in [1.54, 1.807) is 19.5 Å². The molecule has 0 aromatic carbocycles. The average molecular weight is 346 g/mol. The number of rotatable bonds is 6. The van der Waals surface area contributed by atoms with Gasteiger partial charge in [0.1, 0.15) is 5.76 Å². The van der Waals surface area contributed by atoms with Gasteiger partial charge in [-0.25, -0.2) is 4.79 Å². The molecule has 3 heterocycles. The average Bonchev–Trinajstić information content (AvgIpc) is 3.16. The molecule has 0 radical (unpaired) electrons. The van der Waals surface area contributed by atoms with E-state index in [4.69, 9.17) is 4.42 Å². The normalized spacial score (nSPS) is 16.9. The van der Waals surface area contributed by atoms with Crippen LogP contribution in [0, 0.1) is 0 Å². The summed E-state index contributed by atoms with van der Waals surface area (Å²) >= 11 is 0. The zero-order chi connectivity index (χ0) is 17.8. The number of nitrogens with one attached hydrogen (secondary N) is 1. The molecular weight excluding hydrogens is 320 g/mol. The van der Waals surface area contributed by atoms with E-state index < -0.39 is 0 Å². The minimum Gasteiger partial charge on any atom is -0.468 e. The quantitative estimate of drug-likeness (QED) is 0.845. The van der Waals surface area contributed by atoms with Gasteiger partial charge in [-0.15, -0.1) is 0 Å². The van der Waals surface area contributed by atoms with Gasteiger partial charge in [-0.3, -0.25) is 14.3 Å². The van der Waals surface area contributed by atoms with Gasteiger partial charge in [0.2, 0.25) is 0 Å². The Morgan fingerprint density at radius 1 is 1.20 bits per heavy atom. The fourth-order valence-corrected chi connectivity index (χ4v) is 3.47. The summed E-state index contributed by atoms with van der Waals surface area (Å²) in [7, 11) is 3.16. The Labute approximate surface area is 146 Å². The van der Waals surface area contributed by atoms with Gasteiger partial charge in [0.15, 0.2) is 0 Å². The Morgan fingerprint density at radius 3 is 2.64 bits per heavy atom. The summed E-state index contributed by atoms with van der Waals surface area (Å²) in [6.45, 7) is 3.24. The van der Waals surface area contributed by atoms with Crippen LogP contribution in [-0.2, 0) is 20.6 Å². The van der Waals surface area contributed by atoms with Crippen molar-refractivity contribution in [2.45, 2.75) is 31.8 Å². The van der Waals surface area contributed by atoms with Crippen molar-refractivity contribution >= 4 is 0 Å². The molecular formula is C18H26N4O3. The maximum absolute atomic E-state index is 12.2. The molecule has 1 fully saturated rings. The molecule has 0 amide bonds. The molecule has 1 aliphatic heterocycles. The van der Waals surface area contributed by atoms with E-state index in [0.29, 0.717) is 18.7 Å². The second-order valence-corrected chi connectivity index (χ2v) is 6.67. The van der Waals surface area contributed by atoms with Crippen molar-refractivity contribution in [2.75, 3.05) is 19.6 Å². The van der Waals surface area contributed by atoms with Crippen LogP contribution in [0.4, 0.5) is 0 Å². The van der Waals surface area contributed by atoms with Crippen LogP contribution in [0.3, 0.4) is 0 Å². The number of hydrogen-bond donors (Lipinski definition) is 1. The lowest BCUT2D eigenvalue weighted by Crippen LogP contribution is -2.41. The molecule has 1 unspecified atom stereocenters. The third-order valence-corrected chi connectivity index (χ3v) is 4.87. The molecule has 0 bridgehead atoms. The van der Waals surface area contributed by atoms with Crippen LogP contribution in [0.1, 0.15) is 36.6 Å². The molecule has 2 aromatic rings.